The number of fused-ring (bicyclic) bond motifs is 1. The smallest absolute Gasteiger partial charge is 0.254 e. The summed E-state index contributed by atoms with van der Waals surface area (Å²) in [6, 6.07) is 18.4. The third-order valence-electron chi connectivity index (χ3n) is 5.15. The highest BCUT2D eigenvalue weighted by Crippen LogP contribution is 2.28. The van der Waals surface area contributed by atoms with E-state index in [9.17, 15) is 4.79 Å². The van der Waals surface area contributed by atoms with Crippen molar-refractivity contribution in [2.75, 3.05) is 6.54 Å². The van der Waals surface area contributed by atoms with Gasteiger partial charge in [-0.05, 0) is 38.3 Å². The predicted octanol–water partition coefficient (Wildman–Crippen LogP) is 4.29. The fourth-order valence-corrected chi connectivity index (χ4v) is 3.62. The Hall–Kier alpha value is -3.47. The zero-order valence-electron chi connectivity index (χ0n) is 16.9. The Kier molecular flexibility index (Phi) is 5.12. The first-order valence-electron chi connectivity index (χ1n) is 9.78. The van der Waals surface area contributed by atoms with Crippen LogP contribution in [0.4, 0.5) is 0 Å². The quantitative estimate of drug-likeness (QED) is 0.558. The van der Waals surface area contributed by atoms with E-state index in [1.54, 1.807) is 10.7 Å². The van der Waals surface area contributed by atoms with Gasteiger partial charge < -0.3 is 5.32 Å². The van der Waals surface area contributed by atoms with E-state index in [4.69, 9.17) is 0 Å². The number of aryl methyl sites for hydroxylation is 3. The van der Waals surface area contributed by atoms with Crippen molar-refractivity contribution in [1.29, 1.82) is 0 Å². The fourth-order valence-electron chi connectivity index (χ4n) is 3.62. The molecule has 0 aliphatic rings. The van der Waals surface area contributed by atoms with Gasteiger partial charge in [-0.25, -0.2) is 9.50 Å². The number of hydrogen-bond donors (Lipinski definition) is 1. The molecule has 2 heterocycles. The minimum Gasteiger partial charge on any atom is -0.352 e. The van der Waals surface area contributed by atoms with Crippen LogP contribution in [0.1, 0.15) is 32.9 Å². The molecule has 5 nitrogen and oxygen atoms in total. The zero-order valence-corrected chi connectivity index (χ0v) is 16.9. The number of aromatic nitrogens is 3. The molecule has 1 N–H and O–H groups in total. The minimum absolute atomic E-state index is 0.127. The molecule has 0 unspecified atom stereocenters. The molecule has 0 fully saturated rings. The van der Waals surface area contributed by atoms with E-state index in [1.807, 2.05) is 38.1 Å². The molecule has 0 aliphatic carbocycles. The lowest BCUT2D eigenvalue weighted by atomic mass is 10.0. The first-order chi connectivity index (χ1) is 14.0. The molecule has 146 valence electrons. The largest absolute Gasteiger partial charge is 0.352 e. The molecule has 0 aliphatic heterocycles. The number of benzene rings is 2. The summed E-state index contributed by atoms with van der Waals surface area (Å²) in [6.07, 6.45) is 2.45. The van der Waals surface area contributed by atoms with Crippen molar-refractivity contribution < 1.29 is 4.79 Å². The summed E-state index contributed by atoms with van der Waals surface area (Å²) < 4.78 is 1.78. The third-order valence-corrected chi connectivity index (χ3v) is 5.15. The molecule has 2 aromatic carbocycles. The van der Waals surface area contributed by atoms with Gasteiger partial charge in [0.1, 0.15) is 0 Å². The summed E-state index contributed by atoms with van der Waals surface area (Å²) >= 11 is 0. The molecule has 1 amide bonds. The lowest BCUT2D eigenvalue weighted by molar-refractivity contribution is 0.0952. The Morgan fingerprint density at radius 2 is 1.83 bits per heavy atom. The fraction of sp³-hybridized carbons (Fsp3) is 0.208. The van der Waals surface area contributed by atoms with Crippen LogP contribution in [0.3, 0.4) is 0 Å². The average Bonchev–Trinajstić information content (AvgIpc) is 3.06. The van der Waals surface area contributed by atoms with Crippen molar-refractivity contribution in [1.82, 2.24) is 19.9 Å². The van der Waals surface area contributed by atoms with Crippen molar-refractivity contribution in [3.05, 3.63) is 88.9 Å². The standard InChI is InChI=1S/C24H24N4O/c1-16-8-7-11-20(14-16)22-17(2)27-28-18(3)21(15-26-23(22)28)24(29)25-13-12-19-9-5-4-6-10-19/h4-11,14-15H,12-13H2,1-3H3,(H,25,29). The maximum absolute atomic E-state index is 12.7. The van der Waals surface area contributed by atoms with Crippen molar-refractivity contribution >= 4 is 11.6 Å². The summed E-state index contributed by atoms with van der Waals surface area (Å²) in [5.41, 5.74) is 7.48. The van der Waals surface area contributed by atoms with Crippen LogP contribution in [0.2, 0.25) is 0 Å². The number of hydrogen-bond acceptors (Lipinski definition) is 3. The van der Waals surface area contributed by atoms with Gasteiger partial charge in [0, 0.05) is 18.3 Å². The highest BCUT2D eigenvalue weighted by Gasteiger charge is 2.18. The summed E-state index contributed by atoms with van der Waals surface area (Å²) in [7, 11) is 0. The number of rotatable bonds is 5. The van der Waals surface area contributed by atoms with Crippen molar-refractivity contribution in [2.24, 2.45) is 0 Å². The van der Waals surface area contributed by atoms with Crippen LogP contribution in [0.25, 0.3) is 16.8 Å². The highest BCUT2D eigenvalue weighted by atomic mass is 16.1. The average molecular weight is 384 g/mol. The van der Waals surface area contributed by atoms with Gasteiger partial charge in [0.15, 0.2) is 5.65 Å². The molecule has 4 aromatic rings. The van der Waals surface area contributed by atoms with Gasteiger partial charge in [0.2, 0.25) is 0 Å². The van der Waals surface area contributed by atoms with Crippen LogP contribution >= 0.6 is 0 Å². The van der Waals surface area contributed by atoms with E-state index in [-0.39, 0.29) is 5.91 Å². The molecule has 5 heteroatoms. The van der Waals surface area contributed by atoms with Gasteiger partial charge in [-0.15, -0.1) is 0 Å². The zero-order chi connectivity index (χ0) is 20.4. The second kappa shape index (κ2) is 7.87. The Bertz CT molecular complexity index is 1180. The minimum atomic E-state index is -0.127. The van der Waals surface area contributed by atoms with Gasteiger partial charge in [0.05, 0.1) is 17.0 Å². The summed E-state index contributed by atoms with van der Waals surface area (Å²) in [5, 5.41) is 7.66. The molecular weight excluding hydrogens is 360 g/mol. The van der Waals surface area contributed by atoms with Gasteiger partial charge in [-0.3, -0.25) is 4.79 Å². The maximum Gasteiger partial charge on any atom is 0.254 e. The Balaban J connectivity index is 1.60. The molecule has 4 rings (SSSR count). The lowest BCUT2D eigenvalue weighted by Gasteiger charge is -2.09. The second-order valence-corrected chi connectivity index (χ2v) is 7.31. The van der Waals surface area contributed by atoms with Crippen molar-refractivity contribution in [3.63, 3.8) is 0 Å². The van der Waals surface area contributed by atoms with E-state index < -0.39 is 0 Å². The number of nitrogens with zero attached hydrogens (tertiary/aromatic N) is 3. The van der Waals surface area contributed by atoms with E-state index in [2.05, 4.69) is 52.7 Å². The van der Waals surface area contributed by atoms with E-state index in [0.717, 1.165) is 34.6 Å². The molecule has 0 spiro atoms. The van der Waals surface area contributed by atoms with Crippen LogP contribution in [0, 0.1) is 20.8 Å². The Morgan fingerprint density at radius 3 is 2.59 bits per heavy atom. The third kappa shape index (κ3) is 3.76. The van der Waals surface area contributed by atoms with Gasteiger partial charge in [-0.2, -0.15) is 5.10 Å². The van der Waals surface area contributed by atoms with Crippen molar-refractivity contribution in [2.45, 2.75) is 27.2 Å². The summed E-state index contributed by atoms with van der Waals surface area (Å²) in [4.78, 5) is 17.3. The summed E-state index contributed by atoms with van der Waals surface area (Å²) in [5.74, 6) is -0.127. The van der Waals surface area contributed by atoms with E-state index in [0.29, 0.717) is 12.1 Å². The topological polar surface area (TPSA) is 59.3 Å². The first-order valence-corrected chi connectivity index (χ1v) is 9.78. The predicted molar refractivity (Wildman–Crippen MR) is 115 cm³/mol. The molecular formula is C24H24N4O. The first kappa shape index (κ1) is 18.9. The molecule has 0 saturated heterocycles. The van der Waals surface area contributed by atoms with Gasteiger partial charge in [0.25, 0.3) is 5.91 Å². The van der Waals surface area contributed by atoms with Crippen molar-refractivity contribution in [3.8, 4) is 11.1 Å². The highest BCUT2D eigenvalue weighted by molar-refractivity contribution is 5.95. The Morgan fingerprint density at radius 1 is 1.03 bits per heavy atom. The molecule has 0 bridgehead atoms. The Labute approximate surface area is 170 Å². The molecule has 2 aromatic heterocycles. The van der Waals surface area contributed by atoms with Crippen LogP contribution in [0.15, 0.2) is 60.8 Å². The second-order valence-electron chi connectivity index (χ2n) is 7.31. The normalized spacial score (nSPS) is 11.0. The number of carbonyl (C=O) groups is 1. The van der Waals surface area contributed by atoms with E-state index >= 15 is 0 Å². The summed E-state index contributed by atoms with van der Waals surface area (Å²) in [6.45, 7) is 6.53. The van der Waals surface area contributed by atoms with Gasteiger partial charge >= 0.3 is 0 Å². The molecule has 0 radical (unpaired) electrons. The number of nitrogens with one attached hydrogen (secondary N) is 1. The van der Waals surface area contributed by atoms with Gasteiger partial charge in [-0.1, -0.05) is 60.2 Å². The molecule has 29 heavy (non-hydrogen) atoms. The number of amides is 1. The number of carbonyl (C=O) groups excluding carboxylic acids is 1. The van der Waals surface area contributed by atoms with Crippen LogP contribution in [-0.4, -0.2) is 27.0 Å². The SMILES string of the molecule is Cc1cccc(-c2c(C)nn3c(C)c(C(=O)NCCc4ccccc4)cnc23)c1. The molecule has 0 atom stereocenters. The maximum atomic E-state index is 12.7. The van der Waals surface area contributed by atoms with Crippen LogP contribution in [-0.2, 0) is 6.42 Å². The lowest BCUT2D eigenvalue weighted by Crippen LogP contribution is -2.27. The molecule has 0 saturated carbocycles. The monoisotopic (exact) mass is 384 g/mol. The van der Waals surface area contributed by atoms with Crippen LogP contribution in [0.5, 0.6) is 0 Å². The van der Waals surface area contributed by atoms with Crippen LogP contribution < -0.4 is 5.32 Å². The van der Waals surface area contributed by atoms with E-state index in [1.165, 1.54) is 11.1 Å².